The first kappa shape index (κ1) is 14.5. The summed E-state index contributed by atoms with van der Waals surface area (Å²) in [6, 6.07) is 5.05. The molecule has 0 N–H and O–H groups in total. The average molecular weight is 279 g/mol. The van der Waals surface area contributed by atoms with Crippen molar-refractivity contribution in [2.75, 3.05) is 19.7 Å². The summed E-state index contributed by atoms with van der Waals surface area (Å²) < 4.78 is 17.7. The Balaban J connectivity index is 1.83. The highest BCUT2D eigenvalue weighted by Crippen LogP contribution is 2.15. The number of carbonyl (C=O) groups is 2. The number of rotatable bonds is 3. The van der Waals surface area contributed by atoms with Crippen LogP contribution in [0.1, 0.15) is 30.1 Å². The number of amides is 1. The van der Waals surface area contributed by atoms with E-state index in [1.807, 2.05) is 0 Å². The monoisotopic (exact) mass is 279 g/mol. The van der Waals surface area contributed by atoms with Crippen LogP contribution in [0.25, 0.3) is 0 Å². The Labute approximate surface area is 117 Å². The van der Waals surface area contributed by atoms with Crippen molar-refractivity contribution in [3.8, 4) is 0 Å². The van der Waals surface area contributed by atoms with Gasteiger partial charge in [-0.2, -0.15) is 0 Å². The molecule has 20 heavy (non-hydrogen) atoms. The summed E-state index contributed by atoms with van der Waals surface area (Å²) in [5, 5.41) is 0. The van der Waals surface area contributed by atoms with Crippen LogP contribution in [-0.2, 0) is 9.53 Å². The molecule has 4 nitrogen and oxygen atoms in total. The number of carbonyl (C=O) groups excluding carboxylic acids is 2. The third kappa shape index (κ3) is 3.79. The van der Waals surface area contributed by atoms with Crippen LogP contribution < -0.4 is 0 Å². The Morgan fingerprint density at radius 1 is 1.35 bits per heavy atom. The van der Waals surface area contributed by atoms with E-state index < -0.39 is 11.8 Å². The Morgan fingerprint density at radius 3 is 2.70 bits per heavy atom. The number of ether oxygens (including phenoxy) is 1. The van der Waals surface area contributed by atoms with Gasteiger partial charge < -0.3 is 9.64 Å². The number of hydrogen-bond acceptors (Lipinski definition) is 3. The molecule has 2 rings (SSSR count). The van der Waals surface area contributed by atoms with Gasteiger partial charge in [-0.15, -0.1) is 0 Å². The minimum absolute atomic E-state index is 0.174. The maximum absolute atomic E-state index is 12.7. The van der Waals surface area contributed by atoms with Crippen LogP contribution >= 0.6 is 0 Å². The van der Waals surface area contributed by atoms with Crippen LogP contribution in [-0.4, -0.2) is 36.5 Å². The van der Waals surface area contributed by atoms with Crippen molar-refractivity contribution in [2.45, 2.75) is 19.8 Å². The third-order valence-electron chi connectivity index (χ3n) is 3.42. The first-order chi connectivity index (χ1) is 9.56. The van der Waals surface area contributed by atoms with Crippen LogP contribution in [0.5, 0.6) is 0 Å². The molecule has 1 atom stereocenters. The Hall–Kier alpha value is -1.91. The third-order valence-corrected chi connectivity index (χ3v) is 3.42. The molecule has 0 saturated carbocycles. The molecule has 1 unspecified atom stereocenters. The fraction of sp³-hybridized carbons (Fsp3) is 0.467. The predicted molar refractivity (Wildman–Crippen MR) is 71.7 cm³/mol. The first-order valence-corrected chi connectivity index (χ1v) is 6.76. The lowest BCUT2D eigenvalue weighted by atomic mass is 10.0. The predicted octanol–water partition coefficient (Wildman–Crippen LogP) is 2.24. The fourth-order valence-electron chi connectivity index (χ4n) is 2.30. The van der Waals surface area contributed by atoms with Crippen molar-refractivity contribution in [1.82, 2.24) is 4.90 Å². The zero-order valence-corrected chi connectivity index (χ0v) is 11.5. The normalized spacial score (nSPS) is 18.7. The van der Waals surface area contributed by atoms with Gasteiger partial charge in [-0.1, -0.05) is 6.92 Å². The highest BCUT2D eigenvalue weighted by Gasteiger charge is 2.22. The van der Waals surface area contributed by atoms with Crippen molar-refractivity contribution in [3.05, 3.63) is 35.6 Å². The van der Waals surface area contributed by atoms with E-state index in [-0.39, 0.29) is 18.1 Å². The van der Waals surface area contributed by atoms with Crippen molar-refractivity contribution in [3.63, 3.8) is 0 Å². The van der Waals surface area contributed by atoms with Gasteiger partial charge in [0.2, 0.25) is 0 Å². The van der Waals surface area contributed by atoms with Gasteiger partial charge in [-0.05, 0) is 43.0 Å². The SMILES string of the molecule is CC1CCCN(C(=O)COC(=O)c2ccc(F)cc2)C1. The van der Waals surface area contributed by atoms with Gasteiger partial charge in [0.1, 0.15) is 5.82 Å². The Morgan fingerprint density at radius 2 is 2.05 bits per heavy atom. The Bertz CT molecular complexity index is 486. The molecule has 1 fully saturated rings. The number of halogens is 1. The molecule has 1 aliphatic rings. The molecule has 0 bridgehead atoms. The number of nitrogens with zero attached hydrogens (tertiary/aromatic N) is 1. The zero-order valence-electron chi connectivity index (χ0n) is 11.5. The summed E-state index contributed by atoms with van der Waals surface area (Å²) in [5.74, 6) is -0.712. The molecule has 1 heterocycles. The maximum atomic E-state index is 12.7. The second kappa shape index (κ2) is 6.50. The van der Waals surface area contributed by atoms with E-state index >= 15 is 0 Å². The van der Waals surface area contributed by atoms with Gasteiger partial charge in [0.15, 0.2) is 6.61 Å². The largest absolute Gasteiger partial charge is 0.452 e. The number of hydrogen-bond donors (Lipinski definition) is 0. The van der Waals surface area contributed by atoms with Crippen molar-refractivity contribution in [2.24, 2.45) is 5.92 Å². The molecule has 0 spiro atoms. The van der Waals surface area contributed by atoms with Crippen molar-refractivity contribution in [1.29, 1.82) is 0 Å². The van der Waals surface area contributed by atoms with E-state index in [0.717, 1.165) is 19.4 Å². The van der Waals surface area contributed by atoms with E-state index in [1.165, 1.54) is 24.3 Å². The highest BCUT2D eigenvalue weighted by atomic mass is 19.1. The van der Waals surface area contributed by atoms with Crippen LogP contribution in [0.2, 0.25) is 0 Å². The number of benzene rings is 1. The van der Waals surface area contributed by atoms with Crippen LogP contribution in [0.15, 0.2) is 24.3 Å². The lowest BCUT2D eigenvalue weighted by Gasteiger charge is -2.30. The van der Waals surface area contributed by atoms with E-state index in [9.17, 15) is 14.0 Å². The molecular weight excluding hydrogens is 261 g/mol. The standard InChI is InChI=1S/C15H18FNO3/c1-11-3-2-8-17(9-11)14(18)10-20-15(19)12-4-6-13(16)7-5-12/h4-7,11H,2-3,8-10H2,1H3. The fourth-order valence-corrected chi connectivity index (χ4v) is 2.30. The zero-order chi connectivity index (χ0) is 14.5. The molecule has 1 aromatic rings. The summed E-state index contributed by atoms with van der Waals surface area (Å²) in [6.45, 7) is 3.27. The summed E-state index contributed by atoms with van der Waals surface area (Å²) in [6.07, 6.45) is 2.11. The minimum atomic E-state index is -0.608. The van der Waals surface area contributed by atoms with Gasteiger partial charge in [0.25, 0.3) is 5.91 Å². The van der Waals surface area contributed by atoms with Crippen LogP contribution in [0.3, 0.4) is 0 Å². The van der Waals surface area contributed by atoms with Crippen LogP contribution in [0.4, 0.5) is 4.39 Å². The molecular formula is C15H18FNO3. The minimum Gasteiger partial charge on any atom is -0.452 e. The average Bonchev–Trinajstić information content (AvgIpc) is 2.45. The van der Waals surface area contributed by atoms with E-state index in [0.29, 0.717) is 12.5 Å². The number of esters is 1. The molecule has 1 aromatic carbocycles. The maximum Gasteiger partial charge on any atom is 0.338 e. The molecule has 1 saturated heterocycles. The lowest BCUT2D eigenvalue weighted by Crippen LogP contribution is -2.41. The second-order valence-electron chi connectivity index (χ2n) is 5.17. The number of piperidine rings is 1. The van der Waals surface area contributed by atoms with E-state index in [1.54, 1.807) is 4.90 Å². The van der Waals surface area contributed by atoms with Gasteiger partial charge in [0, 0.05) is 13.1 Å². The van der Waals surface area contributed by atoms with Crippen molar-refractivity contribution < 1.29 is 18.7 Å². The van der Waals surface area contributed by atoms with Gasteiger partial charge in [0.05, 0.1) is 5.56 Å². The summed E-state index contributed by atoms with van der Waals surface area (Å²) in [4.78, 5) is 25.3. The smallest absolute Gasteiger partial charge is 0.338 e. The highest BCUT2D eigenvalue weighted by molar-refractivity contribution is 5.91. The molecule has 1 aliphatic heterocycles. The molecule has 1 amide bonds. The molecule has 0 radical (unpaired) electrons. The van der Waals surface area contributed by atoms with Gasteiger partial charge in [-0.3, -0.25) is 4.79 Å². The van der Waals surface area contributed by atoms with Gasteiger partial charge >= 0.3 is 5.97 Å². The molecule has 108 valence electrons. The number of likely N-dealkylation sites (tertiary alicyclic amines) is 1. The Kier molecular flexibility index (Phi) is 4.71. The molecule has 5 heteroatoms. The summed E-state index contributed by atoms with van der Waals surface area (Å²) in [7, 11) is 0. The van der Waals surface area contributed by atoms with E-state index in [4.69, 9.17) is 4.74 Å². The van der Waals surface area contributed by atoms with E-state index in [2.05, 4.69) is 6.92 Å². The molecule has 0 aliphatic carbocycles. The van der Waals surface area contributed by atoms with Crippen molar-refractivity contribution >= 4 is 11.9 Å². The summed E-state index contributed by atoms with van der Waals surface area (Å²) in [5.41, 5.74) is 0.242. The van der Waals surface area contributed by atoms with Gasteiger partial charge in [-0.25, -0.2) is 9.18 Å². The topological polar surface area (TPSA) is 46.6 Å². The lowest BCUT2D eigenvalue weighted by molar-refractivity contribution is -0.136. The first-order valence-electron chi connectivity index (χ1n) is 6.76. The summed E-state index contributed by atoms with van der Waals surface area (Å²) >= 11 is 0. The quantitative estimate of drug-likeness (QED) is 0.797. The molecule has 0 aromatic heterocycles. The second-order valence-corrected chi connectivity index (χ2v) is 5.17. The van der Waals surface area contributed by atoms with Crippen LogP contribution in [0, 0.1) is 11.7 Å².